The van der Waals surface area contributed by atoms with Crippen molar-refractivity contribution < 1.29 is 19.0 Å². The highest BCUT2D eigenvalue weighted by atomic mass is 19.1. The van der Waals surface area contributed by atoms with Crippen LogP contribution in [0.2, 0.25) is 0 Å². The van der Waals surface area contributed by atoms with Gasteiger partial charge in [0.2, 0.25) is 0 Å². The maximum Gasteiger partial charge on any atom is 0.305 e. The van der Waals surface area contributed by atoms with Crippen molar-refractivity contribution in [2.45, 2.75) is 31.7 Å². The van der Waals surface area contributed by atoms with E-state index in [1.54, 1.807) is 0 Å². The van der Waals surface area contributed by atoms with E-state index in [1.807, 2.05) is 0 Å². The summed E-state index contributed by atoms with van der Waals surface area (Å²) < 4.78 is 18.9. The fraction of sp³-hybridized carbons (Fsp3) is 0.500. The Labute approximate surface area is 111 Å². The number of aliphatic carboxylic acids is 1. The lowest BCUT2D eigenvalue weighted by Gasteiger charge is -2.26. The van der Waals surface area contributed by atoms with Gasteiger partial charge in [0.1, 0.15) is 11.6 Å². The highest BCUT2D eigenvalue weighted by Crippen LogP contribution is 2.30. The normalized spacial score (nSPS) is 16.7. The van der Waals surface area contributed by atoms with Gasteiger partial charge in [-0.05, 0) is 37.0 Å². The highest BCUT2D eigenvalue weighted by molar-refractivity contribution is 5.68. The zero-order chi connectivity index (χ0) is 13.8. The number of benzene rings is 1. The van der Waals surface area contributed by atoms with Crippen molar-refractivity contribution in [2.75, 3.05) is 6.61 Å². The molecule has 3 N–H and O–H groups in total. The molecule has 104 valence electrons. The van der Waals surface area contributed by atoms with Gasteiger partial charge >= 0.3 is 5.97 Å². The summed E-state index contributed by atoms with van der Waals surface area (Å²) in [5.41, 5.74) is 6.21. The molecule has 1 aromatic carbocycles. The molecule has 19 heavy (non-hydrogen) atoms. The van der Waals surface area contributed by atoms with E-state index in [-0.39, 0.29) is 6.42 Å². The topological polar surface area (TPSA) is 72.6 Å². The van der Waals surface area contributed by atoms with Crippen molar-refractivity contribution in [1.29, 1.82) is 0 Å². The van der Waals surface area contributed by atoms with Gasteiger partial charge in [-0.15, -0.1) is 0 Å². The van der Waals surface area contributed by atoms with Gasteiger partial charge in [0, 0.05) is 11.6 Å². The van der Waals surface area contributed by atoms with Gasteiger partial charge < -0.3 is 15.6 Å². The van der Waals surface area contributed by atoms with Gasteiger partial charge in [-0.25, -0.2) is 4.39 Å². The predicted octanol–water partition coefficient (Wildman–Crippen LogP) is 2.48. The first-order valence-corrected chi connectivity index (χ1v) is 6.46. The second kappa shape index (κ2) is 6.02. The molecule has 0 spiro atoms. The average Bonchev–Trinajstić information content (AvgIpc) is 2.27. The van der Waals surface area contributed by atoms with Gasteiger partial charge in [0.15, 0.2) is 0 Å². The van der Waals surface area contributed by atoms with Gasteiger partial charge in [-0.1, -0.05) is 6.42 Å². The molecule has 0 bridgehead atoms. The third-order valence-electron chi connectivity index (χ3n) is 3.47. The van der Waals surface area contributed by atoms with Gasteiger partial charge in [-0.3, -0.25) is 4.79 Å². The lowest BCUT2D eigenvalue weighted by Crippen LogP contribution is -2.21. The molecule has 1 fully saturated rings. The van der Waals surface area contributed by atoms with Crippen LogP contribution in [0.1, 0.15) is 37.3 Å². The van der Waals surface area contributed by atoms with Gasteiger partial charge in [0.25, 0.3) is 0 Å². The number of ether oxygens (including phenoxy) is 1. The Balaban J connectivity index is 2.09. The number of carboxylic acid groups (broad SMARTS) is 1. The molecule has 1 atom stereocenters. The van der Waals surface area contributed by atoms with E-state index in [9.17, 15) is 9.18 Å². The maximum atomic E-state index is 13.3. The average molecular weight is 267 g/mol. The second-order valence-corrected chi connectivity index (χ2v) is 4.99. The fourth-order valence-corrected chi connectivity index (χ4v) is 2.11. The minimum Gasteiger partial charge on any atom is -0.493 e. The molecule has 2 rings (SSSR count). The molecule has 1 aliphatic carbocycles. The monoisotopic (exact) mass is 267 g/mol. The number of hydrogen-bond acceptors (Lipinski definition) is 3. The zero-order valence-corrected chi connectivity index (χ0v) is 10.6. The first-order valence-electron chi connectivity index (χ1n) is 6.46. The minimum absolute atomic E-state index is 0.247. The summed E-state index contributed by atoms with van der Waals surface area (Å²) in [7, 11) is 0. The Hall–Kier alpha value is -1.62. The molecule has 0 radical (unpaired) electrons. The molecule has 1 unspecified atom stereocenters. The Kier molecular flexibility index (Phi) is 4.37. The predicted molar refractivity (Wildman–Crippen MR) is 68.4 cm³/mol. The van der Waals surface area contributed by atoms with Gasteiger partial charge in [-0.2, -0.15) is 0 Å². The van der Waals surface area contributed by atoms with Crippen LogP contribution < -0.4 is 10.5 Å². The Morgan fingerprint density at radius 2 is 2.26 bits per heavy atom. The molecule has 1 aromatic rings. The number of halogens is 1. The lowest BCUT2D eigenvalue weighted by molar-refractivity contribution is -0.137. The van der Waals surface area contributed by atoms with Crippen molar-refractivity contribution in [2.24, 2.45) is 11.7 Å². The Morgan fingerprint density at radius 1 is 1.53 bits per heavy atom. The smallest absolute Gasteiger partial charge is 0.305 e. The standard InChI is InChI=1S/C14H18FNO3/c15-10-4-5-13(19-8-9-2-1-3-9)11(6-10)12(16)7-14(17)18/h4-6,9,12H,1-3,7-8,16H2,(H,17,18). The third kappa shape index (κ3) is 3.67. The van der Waals surface area contributed by atoms with E-state index in [0.29, 0.717) is 23.8 Å². The Bertz CT molecular complexity index is 460. The summed E-state index contributed by atoms with van der Waals surface area (Å²) in [5.74, 6) is -0.413. The third-order valence-corrected chi connectivity index (χ3v) is 3.47. The van der Waals surface area contributed by atoms with Crippen LogP contribution in [0, 0.1) is 11.7 Å². The molecule has 1 saturated carbocycles. The summed E-state index contributed by atoms with van der Waals surface area (Å²) in [6.07, 6.45) is 3.28. The second-order valence-electron chi connectivity index (χ2n) is 4.99. The first-order chi connectivity index (χ1) is 9.06. The molecule has 1 aliphatic rings. The zero-order valence-electron chi connectivity index (χ0n) is 10.6. The molecule has 4 nitrogen and oxygen atoms in total. The summed E-state index contributed by atoms with van der Waals surface area (Å²) in [6, 6.07) is 3.31. The minimum atomic E-state index is -1.01. The van der Waals surface area contributed by atoms with E-state index >= 15 is 0 Å². The molecule has 0 saturated heterocycles. The van der Waals surface area contributed by atoms with Crippen molar-refractivity contribution in [3.8, 4) is 5.75 Å². The van der Waals surface area contributed by atoms with Crippen molar-refractivity contribution in [3.05, 3.63) is 29.6 Å². The van der Waals surface area contributed by atoms with E-state index in [1.165, 1.54) is 24.6 Å². The SMILES string of the molecule is NC(CC(=O)O)c1cc(F)ccc1OCC1CCC1. The summed E-state index contributed by atoms with van der Waals surface area (Å²) in [6.45, 7) is 0.582. The number of hydrogen-bond donors (Lipinski definition) is 2. The molecule has 5 heteroatoms. The van der Waals surface area contributed by atoms with E-state index < -0.39 is 17.8 Å². The van der Waals surface area contributed by atoms with Crippen LogP contribution in [0.4, 0.5) is 4.39 Å². The Morgan fingerprint density at radius 3 is 2.84 bits per heavy atom. The van der Waals surface area contributed by atoms with Crippen LogP contribution in [0.3, 0.4) is 0 Å². The van der Waals surface area contributed by atoms with Crippen LogP contribution in [-0.4, -0.2) is 17.7 Å². The number of carbonyl (C=O) groups is 1. The highest BCUT2D eigenvalue weighted by Gasteiger charge is 2.20. The first kappa shape index (κ1) is 13.8. The largest absolute Gasteiger partial charge is 0.493 e. The number of nitrogens with two attached hydrogens (primary N) is 1. The number of carboxylic acids is 1. The van der Waals surface area contributed by atoms with Gasteiger partial charge in [0.05, 0.1) is 13.0 Å². The molecule has 0 amide bonds. The molecular formula is C14H18FNO3. The quantitative estimate of drug-likeness (QED) is 0.830. The van der Waals surface area contributed by atoms with E-state index in [4.69, 9.17) is 15.6 Å². The maximum absolute atomic E-state index is 13.3. The van der Waals surface area contributed by atoms with Crippen molar-refractivity contribution in [3.63, 3.8) is 0 Å². The van der Waals surface area contributed by atoms with E-state index in [2.05, 4.69) is 0 Å². The number of rotatable bonds is 6. The fourth-order valence-electron chi connectivity index (χ4n) is 2.11. The van der Waals surface area contributed by atoms with Crippen LogP contribution in [0.15, 0.2) is 18.2 Å². The van der Waals surface area contributed by atoms with Crippen LogP contribution in [-0.2, 0) is 4.79 Å². The van der Waals surface area contributed by atoms with Crippen LogP contribution in [0.25, 0.3) is 0 Å². The summed E-state index contributed by atoms with van der Waals surface area (Å²) in [5, 5.41) is 8.76. The van der Waals surface area contributed by atoms with Crippen molar-refractivity contribution >= 4 is 5.97 Å². The lowest BCUT2D eigenvalue weighted by atomic mass is 9.86. The van der Waals surface area contributed by atoms with Crippen LogP contribution in [0.5, 0.6) is 5.75 Å². The summed E-state index contributed by atoms with van der Waals surface area (Å²) in [4.78, 5) is 10.7. The van der Waals surface area contributed by atoms with Crippen LogP contribution >= 0.6 is 0 Å². The molecular weight excluding hydrogens is 249 g/mol. The van der Waals surface area contributed by atoms with Crippen molar-refractivity contribution in [1.82, 2.24) is 0 Å². The molecule has 0 aromatic heterocycles. The molecule has 0 aliphatic heterocycles. The molecule has 0 heterocycles. The van der Waals surface area contributed by atoms with E-state index in [0.717, 1.165) is 12.8 Å². The summed E-state index contributed by atoms with van der Waals surface area (Å²) >= 11 is 0.